The van der Waals surface area contributed by atoms with E-state index in [1.165, 1.54) is 25.5 Å². The standard InChI is InChI=1S/C19H26O3S/c1-8-11-6-14(19(8)22-23(2,20)21)18-13-7-12(17(11)18)15-9-3-4-10(5-9)16(13)15/h3-4,8-19H,5-7H2,1-2H3. The van der Waals surface area contributed by atoms with Crippen LogP contribution in [0.4, 0.5) is 0 Å². The fourth-order valence-corrected chi connectivity index (χ4v) is 9.60. The summed E-state index contributed by atoms with van der Waals surface area (Å²) < 4.78 is 29.0. The molecule has 0 heterocycles. The third kappa shape index (κ3) is 1.54. The molecule has 0 amide bonds. The van der Waals surface area contributed by atoms with Gasteiger partial charge in [0.25, 0.3) is 10.1 Å². The van der Waals surface area contributed by atoms with E-state index in [0.717, 1.165) is 53.3 Å². The molecule has 0 spiro atoms. The van der Waals surface area contributed by atoms with Crippen molar-refractivity contribution in [2.75, 3.05) is 6.26 Å². The average Bonchev–Trinajstić information content (AvgIpc) is 3.24. The van der Waals surface area contributed by atoms with Crippen LogP contribution < -0.4 is 0 Å². The maximum atomic E-state index is 11.7. The van der Waals surface area contributed by atoms with E-state index >= 15 is 0 Å². The molecule has 0 aromatic carbocycles. The van der Waals surface area contributed by atoms with Crippen molar-refractivity contribution in [2.45, 2.75) is 32.3 Å². The lowest BCUT2D eigenvalue weighted by Crippen LogP contribution is -2.46. The van der Waals surface area contributed by atoms with Gasteiger partial charge in [0.2, 0.25) is 0 Å². The molecule has 5 fully saturated rings. The van der Waals surface area contributed by atoms with E-state index < -0.39 is 10.1 Å². The summed E-state index contributed by atoms with van der Waals surface area (Å²) >= 11 is 0. The van der Waals surface area contributed by atoms with E-state index in [-0.39, 0.29) is 6.10 Å². The fourth-order valence-electron chi connectivity index (χ4n) is 8.88. The molecular weight excluding hydrogens is 308 g/mol. The smallest absolute Gasteiger partial charge is 0.264 e. The van der Waals surface area contributed by atoms with Crippen molar-refractivity contribution >= 4 is 10.1 Å². The first-order chi connectivity index (χ1) is 10.9. The Morgan fingerprint density at radius 3 is 2.00 bits per heavy atom. The number of hydrogen-bond donors (Lipinski definition) is 0. The first-order valence-electron chi connectivity index (χ1n) is 9.50. The summed E-state index contributed by atoms with van der Waals surface area (Å²) in [6.45, 7) is 2.25. The SMILES string of the molecule is CC1C2CC(C1OS(C)(=O)=O)C1C3CC(C4C5C=CC(C5)C34)C21. The molecule has 4 heteroatoms. The molecule has 0 aromatic rings. The molecule has 6 aliphatic carbocycles. The molecule has 0 aliphatic heterocycles. The molecule has 12 atom stereocenters. The lowest BCUT2D eigenvalue weighted by molar-refractivity contribution is -0.0258. The van der Waals surface area contributed by atoms with Crippen LogP contribution in [0.15, 0.2) is 12.2 Å². The summed E-state index contributed by atoms with van der Waals surface area (Å²) in [5, 5.41) is 0. The van der Waals surface area contributed by atoms with Gasteiger partial charge < -0.3 is 0 Å². The van der Waals surface area contributed by atoms with Gasteiger partial charge >= 0.3 is 0 Å². The summed E-state index contributed by atoms with van der Waals surface area (Å²) in [4.78, 5) is 0. The maximum Gasteiger partial charge on any atom is 0.264 e. The van der Waals surface area contributed by atoms with Gasteiger partial charge in [0.05, 0.1) is 12.4 Å². The molecule has 6 bridgehead atoms. The molecule has 3 nitrogen and oxygen atoms in total. The van der Waals surface area contributed by atoms with Crippen LogP contribution in [0, 0.1) is 65.1 Å². The fraction of sp³-hybridized carbons (Fsp3) is 0.895. The molecule has 6 aliphatic rings. The summed E-state index contributed by atoms with van der Waals surface area (Å²) in [5.74, 6) is 8.70. The predicted octanol–water partition coefficient (Wildman–Crippen LogP) is 2.94. The van der Waals surface area contributed by atoms with Crippen LogP contribution in [-0.2, 0) is 14.3 Å². The zero-order valence-corrected chi connectivity index (χ0v) is 14.7. The van der Waals surface area contributed by atoms with Crippen LogP contribution in [0.5, 0.6) is 0 Å². The first kappa shape index (κ1) is 13.9. The molecular formula is C19H26O3S. The first-order valence-corrected chi connectivity index (χ1v) is 11.3. The van der Waals surface area contributed by atoms with E-state index in [1.807, 2.05) is 0 Å². The molecule has 0 N–H and O–H groups in total. The second kappa shape index (κ2) is 4.07. The van der Waals surface area contributed by atoms with Crippen molar-refractivity contribution in [2.24, 2.45) is 65.1 Å². The third-order valence-electron chi connectivity index (χ3n) is 8.98. The van der Waals surface area contributed by atoms with Gasteiger partial charge in [-0.1, -0.05) is 19.1 Å². The minimum absolute atomic E-state index is 0.0387. The van der Waals surface area contributed by atoms with E-state index in [9.17, 15) is 8.42 Å². The highest BCUT2D eigenvalue weighted by Crippen LogP contribution is 2.76. The zero-order chi connectivity index (χ0) is 15.7. The third-order valence-corrected chi connectivity index (χ3v) is 9.56. The molecule has 126 valence electrons. The second-order valence-corrected chi connectivity index (χ2v) is 11.1. The van der Waals surface area contributed by atoms with Gasteiger partial charge in [-0.2, -0.15) is 8.42 Å². The maximum absolute atomic E-state index is 11.7. The van der Waals surface area contributed by atoms with Crippen LogP contribution in [0.25, 0.3) is 0 Å². The highest BCUT2D eigenvalue weighted by atomic mass is 32.2. The number of hydrogen-bond acceptors (Lipinski definition) is 3. The Labute approximate surface area is 139 Å². The monoisotopic (exact) mass is 334 g/mol. The Morgan fingerprint density at radius 2 is 1.39 bits per heavy atom. The molecule has 6 rings (SSSR count). The van der Waals surface area contributed by atoms with Crippen molar-refractivity contribution < 1.29 is 12.6 Å². The van der Waals surface area contributed by atoms with E-state index in [0.29, 0.717) is 11.8 Å². The normalized spacial score (nSPS) is 63.9. The molecule has 12 unspecified atom stereocenters. The Balaban J connectivity index is 1.36. The Hall–Kier alpha value is -0.350. The minimum Gasteiger partial charge on any atom is -0.266 e. The van der Waals surface area contributed by atoms with Crippen LogP contribution in [0.1, 0.15) is 26.2 Å². The summed E-state index contributed by atoms with van der Waals surface area (Å²) in [5.41, 5.74) is 0. The van der Waals surface area contributed by atoms with Gasteiger partial charge in [-0.3, -0.25) is 4.18 Å². The minimum atomic E-state index is -3.34. The lowest BCUT2D eigenvalue weighted by Gasteiger charge is -2.47. The quantitative estimate of drug-likeness (QED) is 0.443. The summed E-state index contributed by atoms with van der Waals surface area (Å²) in [6, 6.07) is 0. The van der Waals surface area contributed by atoms with Crippen molar-refractivity contribution in [3.63, 3.8) is 0 Å². The van der Waals surface area contributed by atoms with Gasteiger partial charge in [0.15, 0.2) is 0 Å². The van der Waals surface area contributed by atoms with Gasteiger partial charge in [-0.05, 0) is 84.4 Å². The zero-order valence-electron chi connectivity index (χ0n) is 13.8. The number of allylic oxidation sites excluding steroid dienone is 2. The van der Waals surface area contributed by atoms with Crippen LogP contribution >= 0.6 is 0 Å². The van der Waals surface area contributed by atoms with Crippen molar-refractivity contribution in [1.29, 1.82) is 0 Å². The highest BCUT2D eigenvalue weighted by molar-refractivity contribution is 7.86. The highest BCUT2D eigenvalue weighted by Gasteiger charge is 2.72. The molecule has 0 aromatic heterocycles. The molecule has 0 saturated heterocycles. The molecule has 23 heavy (non-hydrogen) atoms. The lowest BCUT2D eigenvalue weighted by atomic mass is 9.59. The number of rotatable bonds is 2. The van der Waals surface area contributed by atoms with Crippen LogP contribution in [0.3, 0.4) is 0 Å². The van der Waals surface area contributed by atoms with Crippen molar-refractivity contribution in [1.82, 2.24) is 0 Å². The summed E-state index contributed by atoms with van der Waals surface area (Å²) in [7, 11) is -3.34. The van der Waals surface area contributed by atoms with Crippen molar-refractivity contribution in [3.05, 3.63) is 12.2 Å². The van der Waals surface area contributed by atoms with Gasteiger partial charge in [0, 0.05) is 0 Å². The topological polar surface area (TPSA) is 43.4 Å². The van der Waals surface area contributed by atoms with E-state index in [4.69, 9.17) is 4.18 Å². The van der Waals surface area contributed by atoms with E-state index in [2.05, 4.69) is 19.1 Å². The molecule has 5 saturated carbocycles. The largest absolute Gasteiger partial charge is 0.266 e. The Bertz CT molecular complexity index is 697. The Morgan fingerprint density at radius 1 is 0.826 bits per heavy atom. The number of fused-ring (bicyclic) bond motifs is 16. The van der Waals surface area contributed by atoms with Crippen LogP contribution in [-0.4, -0.2) is 20.8 Å². The Kier molecular flexibility index (Phi) is 2.45. The second-order valence-electron chi connectivity index (χ2n) is 9.51. The van der Waals surface area contributed by atoms with Gasteiger partial charge in [-0.25, -0.2) is 0 Å². The predicted molar refractivity (Wildman–Crippen MR) is 86.8 cm³/mol. The van der Waals surface area contributed by atoms with Crippen molar-refractivity contribution in [3.8, 4) is 0 Å². The van der Waals surface area contributed by atoms with E-state index in [1.54, 1.807) is 0 Å². The average molecular weight is 334 g/mol. The summed E-state index contributed by atoms with van der Waals surface area (Å²) in [6.07, 6.45) is 10.3. The molecule has 0 radical (unpaired) electrons. The van der Waals surface area contributed by atoms with Gasteiger partial charge in [-0.15, -0.1) is 0 Å². The van der Waals surface area contributed by atoms with Crippen LogP contribution in [0.2, 0.25) is 0 Å². The van der Waals surface area contributed by atoms with Gasteiger partial charge in [0.1, 0.15) is 0 Å².